The van der Waals surface area contributed by atoms with Crippen LogP contribution in [0.4, 0.5) is 10.1 Å². The van der Waals surface area contributed by atoms with Crippen molar-refractivity contribution in [2.75, 3.05) is 5.73 Å². The molecule has 0 saturated carbocycles. The minimum Gasteiger partial charge on any atom is -0.454 e. The first-order valence-corrected chi connectivity index (χ1v) is 11.0. The Balaban J connectivity index is 1.34. The lowest BCUT2D eigenvalue weighted by Gasteiger charge is -2.08. The van der Waals surface area contributed by atoms with Crippen LogP contribution in [-0.2, 0) is 0 Å². The maximum absolute atomic E-state index is 14.0. The fourth-order valence-electron chi connectivity index (χ4n) is 4.20. The number of nitrogens with two attached hydrogens (primary N) is 1. The number of nitrogens with zero attached hydrogens (tertiary/aromatic N) is 2. The van der Waals surface area contributed by atoms with Gasteiger partial charge in [0, 0.05) is 23.2 Å². The molecule has 0 saturated heterocycles. The zero-order chi connectivity index (χ0) is 23.4. The first-order chi connectivity index (χ1) is 16.5. The molecule has 0 atom stereocenters. The van der Waals surface area contributed by atoms with Crippen LogP contribution in [0.25, 0.3) is 27.6 Å². The lowest BCUT2D eigenvalue weighted by molar-refractivity contribution is 0.443. The molecular weight excluding hydrogens is 433 g/mol. The molecule has 7 nitrogen and oxygen atoms in total. The van der Waals surface area contributed by atoms with E-state index < -0.39 is 5.82 Å². The number of rotatable bonds is 5. The standard InChI is InChI=1S/C26H22FN5O2/c1-14(2)17-9-15-10-25(30-20(15)12-19(17)28)34-24-13-29-32-22-8-7-16(11-21(22)31-26(24)32)33-23-6-4-3-5-18(23)27/h3-14,29-30H,28H2,1-2H3. The second kappa shape index (κ2) is 7.55. The second-order valence-electron chi connectivity index (χ2n) is 8.55. The largest absolute Gasteiger partial charge is 0.454 e. The molecular formula is C26H22FN5O2. The van der Waals surface area contributed by atoms with Crippen LogP contribution >= 0.6 is 0 Å². The van der Waals surface area contributed by atoms with E-state index >= 15 is 0 Å². The number of nitrogen functional groups attached to an aromatic ring is 1. The van der Waals surface area contributed by atoms with Crippen LogP contribution < -0.4 is 15.2 Å². The number of ether oxygens (including phenoxy) is 2. The molecule has 34 heavy (non-hydrogen) atoms. The summed E-state index contributed by atoms with van der Waals surface area (Å²) in [4.78, 5) is 7.97. The predicted molar refractivity (Wildman–Crippen MR) is 130 cm³/mol. The molecule has 6 aromatic rings. The summed E-state index contributed by atoms with van der Waals surface area (Å²) in [5.41, 5.74) is 11.1. The number of fused-ring (bicyclic) bond motifs is 4. The smallest absolute Gasteiger partial charge is 0.198 e. The van der Waals surface area contributed by atoms with Gasteiger partial charge in [0.05, 0.1) is 22.7 Å². The van der Waals surface area contributed by atoms with E-state index in [1.165, 1.54) is 6.07 Å². The molecule has 0 aliphatic carbocycles. The Morgan fingerprint density at radius 3 is 2.68 bits per heavy atom. The summed E-state index contributed by atoms with van der Waals surface area (Å²) in [5, 5.41) is 4.20. The van der Waals surface area contributed by atoms with E-state index in [0.29, 0.717) is 34.5 Å². The molecule has 6 rings (SSSR count). The van der Waals surface area contributed by atoms with E-state index in [0.717, 1.165) is 27.7 Å². The normalized spacial score (nSPS) is 11.8. The highest BCUT2D eigenvalue weighted by molar-refractivity contribution is 5.87. The highest BCUT2D eigenvalue weighted by Crippen LogP contribution is 2.34. The maximum atomic E-state index is 14.0. The fourth-order valence-corrected chi connectivity index (χ4v) is 4.20. The molecule has 8 heteroatoms. The number of hydrogen-bond acceptors (Lipinski definition) is 4. The van der Waals surface area contributed by atoms with Crippen LogP contribution in [0, 0.1) is 5.82 Å². The summed E-state index contributed by atoms with van der Waals surface area (Å²) in [6.45, 7) is 4.24. The van der Waals surface area contributed by atoms with Crippen LogP contribution in [0.1, 0.15) is 25.3 Å². The number of imidazole rings is 1. The summed E-state index contributed by atoms with van der Waals surface area (Å²) in [6, 6.07) is 17.7. The Hall–Kier alpha value is -4.46. The van der Waals surface area contributed by atoms with E-state index in [2.05, 4.69) is 30.0 Å². The topological polar surface area (TPSA) is 93.4 Å². The molecule has 3 aromatic heterocycles. The van der Waals surface area contributed by atoms with Crippen LogP contribution in [0.5, 0.6) is 23.1 Å². The van der Waals surface area contributed by atoms with Gasteiger partial charge in [0.25, 0.3) is 0 Å². The summed E-state index contributed by atoms with van der Waals surface area (Å²) in [5.74, 6) is 1.72. The monoisotopic (exact) mass is 455 g/mol. The summed E-state index contributed by atoms with van der Waals surface area (Å²) < 4.78 is 27.6. The van der Waals surface area contributed by atoms with Crippen molar-refractivity contribution in [1.82, 2.24) is 19.6 Å². The average molecular weight is 455 g/mol. The van der Waals surface area contributed by atoms with Gasteiger partial charge in [-0.15, -0.1) is 0 Å². The van der Waals surface area contributed by atoms with Crippen LogP contribution in [0.15, 0.2) is 66.9 Å². The van der Waals surface area contributed by atoms with Gasteiger partial charge >= 0.3 is 0 Å². The Morgan fingerprint density at radius 1 is 1.00 bits per heavy atom. The van der Waals surface area contributed by atoms with E-state index in [-0.39, 0.29) is 5.75 Å². The molecule has 0 amide bonds. The summed E-state index contributed by atoms with van der Waals surface area (Å²) in [6.07, 6.45) is 1.75. The van der Waals surface area contributed by atoms with Gasteiger partial charge in [-0.05, 0) is 47.9 Å². The van der Waals surface area contributed by atoms with Crippen molar-refractivity contribution in [3.63, 3.8) is 0 Å². The summed E-state index contributed by atoms with van der Waals surface area (Å²) in [7, 11) is 0. The molecule has 0 bridgehead atoms. The number of aromatic nitrogens is 4. The number of benzene rings is 3. The highest BCUT2D eigenvalue weighted by Gasteiger charge is 2.15. The maximum Gasteiger partial charge on any atom is 0.198 e. The zero-order valence-corrected chi connectivity index (χ0v) is 18.6. The third-order valence-electron chi connectivity index (χ3n) is 5.88. The van der Waals surface area contributed by atoms with Crippen molar-refractivity contribution in [1.29, 1.82) is 0 Å². The molecule has 0 aliphatic heterocycles. The Bertz CT molecular complexity index is 1680. The lowest BCUT2D eigenvalue weighted by Crippen LogP contribution is -1.95. The number of aromatic amines is 2. The Morgan fingerprint density at radius 2 is 1.85 bits per heavy atom. The lowest BCUT2D eigenvalue weighted by atomic mass is 10.00. The van der Waals surface area contributed by atoms with Crippen LogP contribution in [0.2, 0.25) is 0 Å². The highest BCUT2D eigenvalue weighted by atomic mass is 19.1. The van der Waals surface area contributed by atoms with Crippen molar-refractivity contribution < 1.29 is 13.9 Å². The second-order valence-corrected chi connectivity index (χ2v) is 8.55. The molecule has 170 valence electrons. The van der Waals surface area contributed by atoms with Gasteiger partial charge in [-0.3, -0.25) is 5.10 Å². The van der Waals surface area contributed by atoms with Crippen molar-refractivity contribution in [3.8, 4) is 23.1 Å². The van der Waals surface area contributed by atoms with E-state index in [4.69, 9.17) is 20.2 Å². The number of para-hydroxylation sites is 1. The molecule has 0 unspecified atom stereocenters. The molecule has 3 aromatic carbocycles. The first-order valence-electron chi connectivity index (χ1n) is 11.0. The third-order valence-corrected chi connectivity index (χ3v) is 5.88. The van der Waals surface area contributed by atoms with Gasteiger partial charge in [0.15, 0.2) is 28.8 Å². The third kappa shape index (κ3) is 3.31. The molecule has 0 aliphatic rings. The Labute approximate surface area is 193 Å². The van der Waals surface area contributed by atoms with Gasteiger partial charge in [-0.2, -0.15) is 0 Å². The van der Waals surface area contributed by atoms with E-state index in [1.807, 2.05) is 22.7 Å². The number of H-pyrrole nitrogens is 2. The van der Waals surface area contributed by atoms with Crippen LogP contribution in [0.3, 0.4) is 0 Å². The molecule has 3 heterocycles. The summed E-state index contributed by atoms with van der Waals surface area (Å²) >= 11 is 0. The van der Waals surface area contributed by atoms with Crippen molar-refractivity contribution >= 4 is 33.3 Å². The minimum absolute atomic E-state index is 0.163. The number of nitrogens with one attached hydrogen (secondary N) is 2. The number of anilines is 1. The Kier molecular flexibility index (Phi) is 4.48. The average Bonchev–Trinajstić information content (AvgIpc) is 3.48. The van der Waals surface area contributed by atoms with Crippen molar-refractivity contribution in [2.45, 2.75) is 19.8 Å². The van der Waals surface area contributed by atoms with E-state index in [9.17, 15) is 4.39 Å². The number of halogens is 1. The van der Waals surface area contributed by atoms with Gasteiger partial charge in [0.2, 0.25) is 0 Å². The molecule has 0 spiro atoms. The number of hydrogen-bond donors (Lipinski definition) is 3. The quantitative estimate of drug-likeness (QED) is 0.251. The fraction of sp³-hybridized carbons (Fsp3) is 0.115. The van der Waals surface area contributed by atoms with Gasteiger partial charge < -0.3 is 20.2 Å². The molecule has 0 radical (unpaired) electrons. The SMILES string of the molecule is CC(C)c1cc2cc(Oc3c[nH]n4c3nc3cc(Oc5ccccc5F)ccc34)[nH]c2cc1N. The van der Waals surface area contributed by atoms with Gasteiger partial charge in [-0.25, -0.2) is 13.9 Å². The molecule has 0 fully saturated rings. The zero-order valence-electron chi connectivity index (χ0n) is 18.6. The van der Waals surface area contributed by atoms with E-state index in [1.54, 1.807) is 36.5 Å². The van der Waals surface area contributed by atoms with Gasteiger partial charge in [-0.1, -0.05) is 26.0 Å². The minimum atomic E-state index is -0.421. The van der Waals surface area contributed by atoms with Crippen molar-refractivity contribution in [2.24, 2.45) is 0 Å². The first kappa shape index (κ1) is 20.2. The van der Waals surface area contributed by atoms with Crippen LogP contribution in [-0.4, -0.2) is 19.6 Å². The van der Waals surface area contributed by atoms with Crippen molar-refractivity contribution in [3.05, 3.63) is 78.2 Å². The predicted octanol–water partition coefficient (Wildman–Crippen LogP) is 6.73. The molecule has 4 N–H and O–H groups in total. The van der Waals surface area contributed by atoms with Gasteiger partial charge in [0.1, 0.15) is 5.75 Å².